The second kappa shape index (κ2) is 7.30. The Balaban J connectivity index is 0. The van der Waals surface area contributed by atoms with E-state index in [4.69, 9.17) is 19.2 Å². The largest absolute Gasteiger partial charge is 4.00 e. The zero-order chi connectivity index (χ0) is 12.8. The summed E-state index contributed by atoms with van der Waals surface area (Å²) < 4.78 is 44.7. The second-order valence-electron chi connectivity index (χ2n) is 2.21. The summed E-state index contributed by atoms with van der Waals surface area (Å²) in [5.41, 5.74) is 0. The number of phosphoric acid groups is 3. The molecule has 0 amide bonds. The van der Waals surface area contributed by atoms with Crippen LogP contribution in [-0.4, -0.2) is 6.16 Å². The first-order valence-corrected chi connectivity index (χ1v) is 7.39. The topological polar surface area (TPSA) is 203 Å². The van der Waals surface area contributed by atoms with Gasteiger partial charge in [0.15, 0.2) is 0 Å². The van der Waals surface area contributed by atoms with Crippen molar-refractivity contribution in [2.45, 2.75) is 6.16 Å². The Morgan fingerprint density at radius 2 is 1.28 bits per heavy atom. The molecule has 3 rings (SSSR count). The summed E-state index contributed by atoms with van der Waals surface area (Å²) in [6.45, 7) is 0. The maximum Gasteiger partial charge on any atom is 4.00 e. The van der Waals surface area contributed by atoms with Crippen LogP contribution in [0.5, 0.6) is 0 Å². The molecule has 2 bridgehead atoms. The first-order chi connectivity index (χ1) is 6.83. The molecule has 96 valence electrons. The van der Waals surface area contributed by atoms with Gasteiger partial charge in [0.1, 0.15) is 0 Å². The fourth-order valence-corrected chi connectivity index (χ4v) is 2.15. The Bertz CT molecular complexity index is 386. The predicted molar refractivity (Wildman–Crippen MR) is 29.9 cm³/mol. The minimum Gasteiger partial charge on any atom is -0.822 e. The standard InChI is InChI=1S/CH2O8P2.K.H3O4P.Ti/c2-10(3,4)6-1-7-11(5,8-1)9-1;;1-5(2,3)4;/h(H2,2,3,4);;(H3,1,2,3,4);/q;+1;;+4/p-5. The third-order valence-corrected chi connectivity index (χ3v) is 2.68. The van der Waals surface area contributed by atoms with Crippen molar-refractivity contribution < 1.29 is 129 Å². The molecule has 0 aromatic heterocycles. The molecular formula is CKO12P3Ti. The SMILES string of the molecule is O=P([O-])([O-])OC12OP(=O)(O1)O2.O=P([O-])([O-])[O-].[K+].[Ti+4]. The van der Waals surface area contributed by atoms with Crippen LogP contribution in [0.1, 0.15) is 0 Å². The van der Waals surface area contributed by atoms with Gasteiger partial charge in [-0.05, 0) is 0 Å². The van der Waals surface area contributed by atoms with Crippen molar-refractivity contribution >= 4 is 23.5 Å². The molecule has 0 atom stereocenters. The van der Waals surface area contributed by atoms with Gasteiger partial charge in [-0.25, -0.2) is 18.1 Å². The van der Waals surface area contributed by atoms with E-state index in [1.54, 1.807) is 0 Å². The molecule has 3 heterocycles. The number of rotatable bonds is 2. The van der Waals surface area contributed by atoms with Gasteiger partial charge >= 0.3 is 87.1 Å². The van der Waals surface area contributed by atoms with Crippen LogP contribution in [0.3, 0.4) is 0 Å². The average molecular weight is 384 g/mol. The Kier molecular flexibility index (Phi) is 9.30. The molecule has 17 heteroatoms. The van der Waals surface area contributed by atoms with Gasteiger partial charge in [0, 0.05) is 0 Å². The smallest absolute Gasteiger partial charge is 0.822 e. The molecule has 0 aliphatic carbocycles. The van der Waals surface area contributed by atoms with Gasteiger partial charge in [-0.2, -0.15) is 7.82 Å². The van der Waals surface area contributed by atoms with E-state index in [0.717, 1.165) is 0 Å². The van der Waals surface area contributed by atoms with Gasteiger partial charge in [-0.15, -0.1) is 0 Å². The van der Waals surface area contributed by atoms with Crippen LogP contribution in [0, 0.1) is 0 Å². The van der Waals surface area contributed by atoms with Crippen LogP contribution in [0.2, 0.25) is 0 Å². The predicted octanol–water partition coefficient (Wildman–Crippen LogP) is -7.20. The van der Waals surface area contributed by atoms with Crippen molar-refractivity contribution in [3.05, 3.63) is 0 Å². The first-order valence-electron chi connectivity index (χ1n) is 3.01. The fraction of sp³-hybridized carbons (Fsp3) is 1.00. The Labute approximate surface area is 157 Å². The zero-order valence-electron chi connectivity index (χ0n) is 8.24. The van der Waals surface area contributed by atoms with Gasteiger partial charge in [0.2, 0.25) is 0 Å². The molecule has 3 saturated heterocycles. The summed E-state index contributed by atoms with van der Waals surface area (Å²) in [6.07, 6.45) is -2.34. The van der Waals surface area contributed by atoms with Crippen LogP contribution in [0.15, 0.2) is 0 Å². The third-order valence-electron chi connectivity index (χ3n) is 0.894. The number of phosphoric ester groups is 2. The second-order valence-corrected chi connectivity index (χ2v) is 5.62. The van der Waals surface area contributed by atoms with E-state index in [1.807, 2.05) is 0 Å². The Morgan fingerprint density at radius 3 is 1.44 bits per heavy atom. The average Bonchev–Trinajstić information content (AvgIpc) is 1.72. The monoisotopic (exact) mass is 384 g/mol. The molecule has 0 unspecified atom stereocenters. The molecule has 18 heavy (non-hydrogen) atoms. The molecule has 0 spiro atoms. The van der Waals surface area contributed by atoms with Gasteiger partial charge in [0.05, 0.1) is 7.82 Å². The van der Waals surface area contributed by atoms with E-state index in [2.05, 4.69) is 18.1 Å². The van der Waals surface area contributed by atoms with E-state index in [9.17, 15) is 18.9 Å². The zero-order valence-corrected chi connectivity index (χ0v) is 15.6. The van der Waals surface area contributed by atoms with Crippen molar-refractivity contribution in [2.24, 2.45) is 0 Å². The Hall–Kier alpha value is 2.68. The molecule has 0 aromatic carbocycles. The van der Waals surface area contributed by atoms with Crippen LogP contribution >= 0.6 is 23.5 Å². The minimum atomic E-state index is -5.39. The van der Waals surface area contributed by atoms with Gasteiger partial charge in [0.25, 0.3) is 0 Å². The summed E-state index contributed by atoms with van der Waals surface area (Å²) >= 11 is 0. The maximum atomic E-state index is 10.4. The van der Waals surface area contributed by atoms with Crippen LogP contribution in [0.25, 0.3) is 0 Å². The van der Waals surface area contributed by atoms with Gasteiger partial charge < -0.3 is 33.6 Å². The number of hydrogen-bond acceptors (Lipinski definition) is 12. The third kappa shape index (κ3) is 8.20. The molecule has 3 fully saturated rings. The Morgan fingerprint density at radius 1 is 1.00 bits per heavy atom. The summed E-state index contributed by atoms with van der Waals surface area (Å²) in [5.74, 6) is 0. The summed E-state index contributed by atoms with van der Waals surface area (Å²) in [4.78, 5) is 45.4. The summed E-state index contributed by atoms with van der Waals surface area (Å²) in [6, 6.07) is 0. The van der Waals surface area contributed by atoms with Crippen LogP contribution < -0.4 is 75.9 Å². The van der Waals surface area contributed by atoms with E-state index in [0.29, 0.717) is 0 Å². The molecule has 12 nitrogen and oxygen atoms in total. The molecule has 3 aliphatic heterocycles. The molecule has 0 radical (unpaired) electrons. The van der Waals surface area contributed by atoms with Crippen molar-refractivity contribution in [2.75, 3.05) is 0 Å². The van der Waals surface area contributed by atoms with Gasteiger partial charge in [-0.1, -0.05) is 0 Å². The molecule has 3 aliphatic rings. The van der Waals surface area contributed by atoms with Crippen molar-refractivity contribution in [3.63, 3.8) is 0 Å². The quantitative estimate of drug-likeness (QED) is 0.322. The van der Waals surface area contributed by atoms with Gasteiger partial charge in [-0.3, -0.25) is 4.52 Å². The molecular weight excluding hydrogens is 384 g/mol. The summed E-state index contributed by atoms with van der Waals surface area (Å²) in [5, 5.41) is 0. The molecule has 0 saturated carbocycles. The first kappa shape index (κ1) is 23.0. The van der Waals surface area contributed by atoms with E-state index >= 15 is 0 Å². The normalized spacial score (nSPS) is 32.5. The minimum absolute atomic E-state index is 0. The number of hydrogen-bond donors (Lipinski definition) is 0. The van der Waals surface area contributed by atoms with Crippen molar-refractivity contribution in [1.82, 2.24) is 0 Å². The van der Waals surface area contributed by atoms with Crippen molar-refractivity contribution in [1.29, 1.82) is 0 Å². The molecule has 0 N–H and O–H groups in total. The van der Waals surface area contributed by atoms with Crippen LogP contribution in [-0.2, 0) is 53.5 Å². The van der Waals surface area contributed by atoms with Crippen LogP contribution in [0.4, 0.5) is 0 Å². The van der Waals surface area contributed by atoms with E-state index < -0.39 is 29.6 Å². The van der Waals surface area contributed by atoms with E-state index in [1.165, 1.54) is 0 Å². The molecule has 0 aromatic rings. The van der Waals surface area contributed by atoms with E-state index in [-0.39, 0.29) is 73.1 Å². The summed E-state index contributed by atoms with van der Waals surface area (Å²) in [7, 11) is -14.1. The maximum absolute atomic E-state index is 10.4. The van der Waals surface area contributed by atoms with Crippen molar-refractivity contribution in [3.8, 4) is 0 Å². The fourth-order valence-electron chi connectivity index (χ4n) is 0.618.